The van der Waals surface area contributed by atoms with Gasteiger partial charge in [-0.05, 0) is 0 Å². The first kappa shape index (κ1) is 9.39. The Bertz CT molecular complexity index is 9.51. The fourth-order valence-corrected chi connectivity index (χ4v) is 0. The van der Waals surface area contributed by atoms with Crippen LogP contribution in [-0.4, -0.2) is 7.41 Å². The monoisotopic (exact) mass is 87.1 g/mol. The van der Waals surface area contributed by atoms with E-state index < -0.39 is 0 Å². The number of nitrogens with two attached hydrogens (primary N) is 1. The molecule has 1 nitrogen and oxygen atoms in total. The zero-order chi connectivity index (χ0) is 5.41. The molecule has 0 amide bonds. The van der Waals surface area contributed by atoms with Gasteiger partial charge in [-0.3, -0.25) is 0 Å². The van der Waals surface area contributed by atoms with Crippen molar-refractivity contribution < 1.29 is 0 Å². The molecule has 0 aliphatic heterocycles. The van der Waals surface area contributed by atoms with E-state index in [9.17, 15) is 0 Å². The Morgan fingerprint density at radius 2 is 1.67 bits per heavy atom. The Labute approximate surface area is 41.2 Å². The topological polar surface area (TPSA) is 26.0 Å². The van der Waals surface area contributed by atoms with Crippen LogP contribution in [0.5, 0.6) is 0 Å². The molecule has 0 radical (unpaired) electrons. The van der Waals surface area contributed by atoms with Gasteiger partial charge in [0.25, 0.3) is 0 Å². The van der Waals surface area contributed by atoms with Crippen molar-refractivity contribution in [3.05, 3.63) is 0 Å². The van der Waals surface area contributed by atoms with Gasteiger partial charge in [0, 0.05) is 0 Å². The maximum absolute atomic E-state index is 5.03. The molecule has 2 heteroatoms. The van der Waals surface area contributed by atoms with Crippen molar-refractivity contribution >= 4 is 7.41 Å². The van der Waals surface area contributed by atoms with E-state index in [1.54, 1.807) is 0 Å². The maximum atomic E-state index is 5.03. The van der Waals surface area contributed by atoms with Crippen LogP contribution in [0.2, 0.25) is 6.32 Å². The highest BCUT2D eigenvalue weighted by Crippen LogP contribution is 1.56. The van der Waals surface area contributed by atoms with Crippen molar-refractivity contribution in [3.8, 4) is 0 Å². The van der Waals surface area contributed by atoms with Crippen molar-refractivity contribution in [3.63, 3.8) is 0 Å². The van der Waals surface area contributed by atoms with Crippen LogP contribution in [0.4, 0.5) is 0 Å². The second kappa shape index (κ2) is 19.9. The summed E-state index contributed by atoms with van der Waals surface area (Å²) in [7, 11) is 0.819. The van der Waals surface area contributed by atoms with Crippen LogP contribution < -0.4 is 5.64 Å². The summed E-state index contributed by atoms with van der Waals surface area (Å²) in [5.74, 6) is 0. The Morgan fingerprint density at radius 3 is 1.67 bits per heavy atom. The van der Waals surface area contributed by atoms with Crippen molar-refractivity contribution in [2.45, 2.75) is 27.1 Å². The zero-order valence-electron chi connectivity index (χ0n) is 4.99. The smallest absolute Gasteiger partial charge is 0.198 e. The van der Waals surface area contributed by atoms with E-state index >= 15 is 0 Å². The van der Waals surface area contributed by atoms with E-state index in [-0.39, 0.29) is 0 Å². The lowest BCUT2D eigenvalue weighted by Gasteiger charge is -1.65. The molecule has 0 aliphatic carbocycles. The molecular weight excluding hydrogens is 72.9 g/mol. The van der Waals surface area contributed by atoms with Gasteiger partial charge >= 0.3 is 0 Å². The van der Waals surface area contributed by atoms with Gasteiger partial charge in [0.05, 0.1) is 0 Å². The minimum absolute atomic E-state index is 0.819. The van der Waals surface area contributed by atoms with Gasteiger partial charge in [-0.2, -0.15) is 0 Å². The summed E-state index contributed by atoms with van der Waals surface area (Å²) in [5, 5.41) is 0. The molecule has 0 bridgehead atoms. The third-order valence-corrected chi connectivity index (χ3v) is 0.289. The van der Waals surface area contributed by atoms with Crippen LogP contribution in [0.25, 0.3) is 0 Å². The minimum atomic E-state index is 0.819. The molecule has 0 aromatic carbocycles. The number of rotatable bonds is 1. The molecule has 0 rings (SSSR count). The maximum Gasteiger partial charge on any atom is 0.198 e. The SMILES string of the molecule is CC.CCBN. The van der Waals surface area contributed by atoms with Crippen LogP contribution in [0.3, 0.4) is 0 Å². The van der Waals surface area contributed by atoms with Gasteiger partial charge in [0.1, 0.15) is 0 Å². The van der Waals surface area contributed by atoms with E-state index in [1.807, 2.05) is 13.8 Å². The molecule has 0 heterocycles. The summed E-state index contributed by atoms with van der Waals surface area (Å²) in [5.41, 5.74) is 5.03. The zero-order valence-corrected chi connectivity index (χ0v) is 4.99. The minimum Gasteiger partial charge on any atom is -0.373 e. The third-order valence-electron chi connectivity index (χ3n) is 0.289. The molecule has 0 spiro atoms. The van der Waals surface area contributed by atoms with Crippen molar-refractivity contribution in [1.29, 1.82) is 0 Å². The Hall–Kier alpha value is 0.0249. The van der Waals surface area contributed by atoms with Gasteiger partial charge in [-0.1, -0.05) is 27.1 Å². The normalized spacial score (nSPS) is 5.33. The van der Waals surface area contributed by atoms with Crippen molar-refractivity contribution in [2.75, 3.05) is 0 Å². The Morgan fingerprint density at radius 1 is 1.50 bits per heavy atom. The lowest BCUT2D eigenvalue weighted by Crippen LogP contribution is -1.99. The van der Waals surface area contributed by atoms with E-state index in [0.717, 1.165) is 13.7 Å². The van der Waals surface area contributed by atoms with Crippen molar-refractivity contribution in [2.24, 2.45) is 5.64 Å². The molecular formula is C4H14BN. The molecule has 2 N–H and O–H groups in total. The highest BCUT2D eigenvalue weighted by atomic mass is 14.3. The van der Waals surface area contributed by atoms with Gasteiger partial charge in [0.15, 0.2) is 7.41 Å². The van der Waals surface area contributed by atoms with Crippen LogP contribution in [0.1, 0.15) is 20.8 Å². The molecule has 0 fully saturated rings. The van der Waals surface area contributed by atoms with Crippen LogP contribution >= 0.6 is 0 Å². The second-order valence-electron chi connectivity index (χ2n) is 0.789. The fourth-order valence-electron chi connectivity index (χ4n) is 0. The highest BCUT2D eigenvalue weighted by Gasteiger charge is 1.62. The van der Waals surface area contributed by atoms with E-state index in [1.165, 1.54) is 0 Å². The molecule has 0 atom stereocenters. The predicted molar refractivity (Wildman–Crippen MR) is 33.2 cm³/mol. The van der Waals surface area contributed by atoms with Gasteiger partial charge in [-0.25, -0.2) is 0 Å². The third kappa shape index (κ3) is 35.1. The van der Waals surface area contributed by atoms with E-state index in [2.05, 4.69) is 6.92 Å². The predicted octanol–water partition coefficient (Wildman–Crippen LogP) is 0.761. The fraction of sp³-hybridized carbons (Fsp3) is 1.00. The summed E-state index contributed by atoms with van der Waals surface area (Å²) in [6, 6.07) is 0. The van der Waals surface area contributed by atoms with E-state index in [0.29, 0.717) is 0 Å². The van der Waals surface area contributed by atoms with Crippen LogP contribution in [0.15, 0.2) is 0 Å². The summed E-state index contributed by atoms with van der Waals surface area (Å²) < 4.78 is 0. The van der Waals surface area contributed by atoms with Crippen molar-refractivity contribution in [1.82, 2.24) is 0 Å². The Kier molecular flexibility index (Phi) is 31.1. The standard InChI is InChI=1S/C2H8BN.C2H6/c1-2-3-4;1-2/h3H,2,4H2,1H3;1-2H3. The number of hydrogen-bond acceptors (Lipinski definition) is 1. The van der Waals surface area contributed by atoms with Gasteiger partial charge in [-0.15, -0.1) is 0 Å². The number of hydrogen-bond donors (Lipinski definition) is 1. The highest BCUT2D eigenvalue weighted by molar-refractivity contribution is 6.30. The summed E-state index contributed by atoms with van der Waals surface area (Å²) in [6.07, 6.45) is 1.10. The molecule has 0 unspecified atom stereocenters. The van der Waals surface area contributed by atoms with Gasteiger partial charge < -0.3 is 5.64 Å². The molecule has 0 saturated carbocycles. The molecule has 0 aromatic rings. The van der Waals surface area contributed by atoms with E-state index in [4.69, 9.17) is 5.64 Å². The summed E-state index contributed by atoms with van der Waals surface area (Å²) in [6.45, 7) is 6.06. The first-order chi connectivity index (χ1) is 2.91. The molecule has 0 aliphatic rings. The molecule has 6 heavy (non-hydrogen) atoms. The first-order valence-corrected chi connectivity index (χ1v) is 2.62. The summed E-state index contributed by atoms with van der Waals surface area (Å²) >= 11 is 0. The van der Waals surface area contributed by atoms with Gasteiger partial charge in [0.2, 0.25) is 0 Å². The first-order valence-electron chi connectivity index (χ1n) is 2.62. The molecule has 38 valence electrons. The van der Waals surface area contributed by atoms with Crippen LogP contribution in [-0.2, 0) is 0 Å². The molecule has 0 aromatic heterocycles. The second-order valence-corrected chi connectivity index (χ2v) is 0.789. The van der Waals surface area contributed by atoms with Crippen LogP contribution in [0, 0.1) is 0 Å². The molecule has 0 saturated heterocycles. The quantitative estimate of drug-likeness (QED) is 0.469. The lowest BCUT2D eigenvalue weighted by atomic mass is 9.94. The largest absolute Gasteiger partial charge is 0.373 e. The average Bonchev–Trinajstić information content (AvgIpc) is 1.72. The average molecular weight is 87.0 g/mol. The lowest BCUT2D eigenvalue weighted by molar-refractivity contribution is 1.44. The summed E-state index contributed by atoms with van der Waals surface area (Å²) in [4.78, 5) is 0. The Balaban J connectivity index is 0.